The summed E-state index contributed by atoms with van der Waals surface area (Å²) in [5.41, 5.74) is 0.134. The molecule has 0 aromatic heterocycles. The van der Waals surface area contributed by atoms with Gasteiger partial charge < -0.3 is 9.47 Å². The predicted molar refractivity (Wildman–Crippen MR) is 55.1 cm³/mol. The summed E-state index contributed by atoms with van der Waals surface area (Å²) in [4.78, 5) is 0. The molecule has 2 heterocycles. The van der Waals surface area contributed by atoms with Crippen molar-refractivity contribution in [1.82, 2.24) is 5.32 Å². The maximum Gasteiger partial charge on any atom is 0.145 e. The maximum absolute atomic E-state index is 5.82. The standard InChI is InChI=1S/C11H21NO2/c1-10(2,3)9-4-6-14-11(12-9)5-7-13-8-11/h9,12H,4-8H2,1-3H3. The van der Waals surface area contributed by atoms with E-state index in [-0.39, 0.29) is 5.72 Å². The Labute approximate surface area is 86.2 Å². The van der Waals surface area contributed by atoms with E-state index in [4.69, 9.17) is 9.47 Å². The highest BCUT2D eigenvalue weighted by atomic mass is 16.6. The third kappa shape index (κ3) is 1.95. The Morgan fingerprint density at radius 2 is 2.07 bits per heavy atom. The van der Waals surface area contributed by atoms with Crippen LogP contribution in [0.3, 0.4) is 0 Å². The SMILES string of the molecule is CC(C)(C)C1CCOC2(CCOC2)N1. The molecule has 0 radical (unpaired) electrons. The van der Waals surface area contributed by atoms with Gasteiger partial charge >= 0.3 is 0 Å². The second kappa shape index (κ2) is 3.47. The topological polar surface area (TPSA) is 30.5 Å². The number of hydrogen-bond donors (Lipinski definition) is 1. The first-order valence-corrected chi connectivity index (χ1v) is 5.51. The molecule has 14 heavy (non-hydrogen) atoms. The van der Waals surface area contributed by atoms with Gasteiger partial charge in [-0.05, 0) is 11.8 Å². The summed E-state index contributed by atoms with van der Waals surface area (Å²) in [6, 6.07) is 0.540. The lowest BCUT2D eigenvalue weighted by Crippen LogP contribution is -2.60. The molecule has 0 amide bonds. The Kier molecular flexibility index (Phi) is 2.58. The molecule has 0 aromatic rings. The van der Waals surface area contributed by atoms with Crippen LogP contribution in [0, 0.1) is 5.41 Å². The van der Waals surface area contributed by atoms with Crippen molar-refractivity contribution in [2.24, 2.45) is 5.41 Å². The quantitative estimate of drug-likeness (QED) is 0.641. The number of nitrogens with one attached hydrogen (secondary N) is 1. The van der Waals surface area contributed by atoms with Gasteiger partial charge in [-0.1, -0.05) is 20.8 Å². The van der Waals surface area contributed by atoms with Crippen LogP contribution in [0.25, 0.3) is 0 Å². The summed E-state index contributed by atoms with van der Waals surface area (Å²) in [6.07, 6.45) is 2.09. The van der Waals surface area contributed by atoms with Crippen LogP contribution in [0.2, 0.25) is 0 Å². The molecule has 1 N–H and O–H groups in total. The molecule has 2 aliphatic heterocycles. The van der Waals surface area contributed by atoms with Gasteiger partial charge in [0.1, 0.15) is 5.72 Å². The van der Waals surface area contributed by atoms with Crippen molar-refractivity contribution in [2.45, 2.75) is 45.4 Å². The smallest absolute Gasteiger partial charge is 0.145 e. The molecule has 0 aliphatic carbocycles. The minimum Gasteiger partial charge on any atom is -0.377 e. The van der Waals surface area contributed by atoms with E-state index >= 15 is 0 Å². The van der Waals surface area contributed by atoms with E-state index in [1.807, 2.05) is 0 Å². The largest absolute Gasteiger partial charge is 0.377 e. The fourth-order valence-electron chi connectivity index (χ4n) is 2.23. The first-order valence-electron chi connectivity index (χ1n) is 5.51. The fraction of sp³-hybridized carbons (Fsp3) is 1.00. The average Bonchev–Trinajstić information content (AvgIpc) is 2.52. The molecule has 0 bridgehead atoms. The summed E-state index contributed by atoms with van der Waals surface area (Å²) in [5, 5.41) is 3.62. The molecule has 2 saturated heterocycles. The van der Waals surface area contributed by atoms with E-state index in [0.717, 1.165) is 26.1 Å². The summed E-state index contributed by atoms with van der Waals surface area (Å²) in [5.74, 6) is 0. The van der Waals surface area contributed by atoms with Crippen LogP contribution in [-0.4, -0.2) is 31.6 Å². The van der Waals surface area contributed by atoms with Crippen LogP contribution in [0.4, 0.5) is 0 Å². The van der Waals surface area contributed by atoms with Crippen LogP contribution in [0.5, 0.6) is 0 Å². The second-order valence-electron chi connectivity index (χ2n) is 5.50. The van der Waals surface area contributed by atoms with Crippen LogP contribution in [0.15, 0.2) is 0 Å². The van der Waals surface area contributed by atoms with E-state index in [0.29, 0.717) is 18.1 Å². The van der Waals surface area contributed by atoms with Gasteiger partial charge in [0.15, 0.2) is 0 Å². The lowest BCUT2D eigenvalue weighted by atomic mass is 9.83. The van der Waals surface area contributed by atoms with E-state index in [9.17, 15) is 0 Å². The van der Waals surface area contributed by atoms with Crippen molar-refractivity contribution in [3.63, 3.8) is 0 Å². The number of rotatable bonds is 0. The minimum atomic E-state index is -0.170. The molecular weight excluding hydrogens is 178 g/mol. The molecule has 2 fully saturated rings. The highest BCUT2D eigenvalue weighted by Crippen LogP contribution is 2.31. The van der Waals surface area contributed by atoms with Gasteiger partial charge in [0.25, 0.3) is 0 Å². The van der Waals surface area contributed by atoms with Gasteiger partial charge in [0.05, 0.1) is 19.8 Å². The summed E-state index contributed by atoms with van der Waals surface area (Å²) >= 11 is 0. The van der Waals surface area contributed by atoms with Crippen molar-refractivity contribution in [3.05, 3.63) is 0 Å². The molecule has 3 heteroatoms. The van der Waals surface area contributed by atoms with Gasteiger partial charge in [-0.2, -0.15) is 0 Å². The van der Waals surface area contributed by atoms with E-state index < -0.39 is 0 Å². The molecule has 1 spiro atoms. The zero-order chi connectivity index (χ0) is 10.2. The Bertz CT molecular complexity index is 204. The van der Waals surface area contributed by atoms with Crippen molar-refractivity contribution < 1.29 is 9.47 Å². The molecule has 2 atom stereocenters. The van der Waals surface area contributed by atoms with Crippen molar-refractivity contribution in [2.75, 3.05) is 19.8 Å². The third-order valence-corrected chi connectivity index (χ3v) is 3.25. The molecule has 2 aliphatic rings. The van der Waals surface area contributed by atoms with E-state index in [1.54, 1.807) is 0 Å². The molecule has 0 saturated carbocycles. The number of hydrogen-bond acceptors (Lipinski definition) is 3. The van der Waals surface area contributed by atoms with E-state index in [1.165, 1.54) is 0 Å². The summed E-state index contributed by atoms with van der Waals surface area (Å²) in [7, 11) is 0. The maximum atomic E-state index is 5.82. The Balaban J connectivity index is 2.03. The second-order valence-corrected chi connectivity index (χ2v) is 5.50. The lowest BCUT2D eigenvalue weighted by Gasteiger charge is -2.44. The first-order chi connectivity index (χ1) is 6.52. The van der Waals surface area contributed by atoms with Gasteiger partial charge in [-0.3, -0.25) is 5.32 Å². The molecule has 2 unspecified atom stereocenters. The van der Waals surface area contributed by atoms with Gasteiger partial charge in [-0.15, -0.1) is 0 Å². The van der Waals surface area contributed by atoms with Gasteiger partial charge in [0, 0.05) is 12.5 Å². The van der Waals surface area contributed by atoms with Crippen molar-refractivity contribution >= 4 is 0 Å². The molecule has 82 valence electrons. The Hall–Kier alpha value is -0.120. The fourth-order valence-corrected chi connectivity index (χ4v) is 2.23. The Morgan fingerprint density at radius 1 is 1.29 bits per heavy atom. The number of ether oxygens (including phenoxy) is 2. The van der Waals surface area contributed by atoms with Crippen molar-refractivity contribution in [1.29, 1.82) is 0 Å². The predicted octanol–water partition coefficient (Wildman–Crippen LogP) is 1.53. The summed E-state index contributed by atoms with van der Waals surface area (Å²) in [6.45, 7) is 9.22. The lowest BCUT2D eigenvalue weighted by molar-refractivity contribution is -0.123. The van der Waals surface area contributed by atoms with Gasteiger partial charge in [-0.25, -0.2) is 0 Å². The Morgan fingerprint density at radius 3 is 2.64 bits per heavy atom. The first kappa shape index (κ1) is 10.4. The summed E-state index contributed by atoms with van der Waals surface area (Å²) < 4.78 is 11.2. The zero-order valence-corrected chi connectivity index (χ0v) is 9.43. The minimum absolute atomic E-state index is 0.170. The van der Waals surface area contributed by atoms with Crippen LogP contribution < -0.4 is 5.32 Å². The third-order valence-electron chi connectivity index (χ3n) is 3.25. The molecule has 3 nitrogen and oxygen atoms in total. The normalized spacial score (nSPS) is 39.2. The molecule has 0 aromatic carbocycles. The molecule has 2 rings (SSSR count). The highest BCUT2D eigenvalue weighted by Gasteiger charge is 2.43. The zero-order valence-electron chi connectivity index (χ0n) is 9.43. The van der Waals surface area contributed by atoms with Crippen molar-refractivity contribution in [3.8, 4) is 0 Å². The van der Waals surface area contributed by atoms with Crippen LogP contribution in [0.1, 0.15) is 33.6 Å². The van der Waals surface area contributed by atoms with Crippen LogP contribution in [-0.2, 0) is 9.47 Å². The average molecular weight is 199 g/mol. The highest BCUT2D eigenvalue weighted by molar-refractivity contribution is 4.93. The van der Waals surface area contributed by atoms with Crippen LogP contribution >= 0.6 is 0 Å². The monoisotopic (exact) mass is 199 g/mol. The van der Waals surface area contributed by atoms with Gasteiger partial charge in [0.2, 0.25) is 0 Å². The molecular formula is C11H21NO2. The van der Waals surface area contributed by atoms with E-state index in [2.05, 4.69) is 26.1 Å².